The van der Waals surface area contributed by atoms with Gasteiger partial charge in [0.15, 0.2) is 0 Å². The zero-order chi connectivity index (χ0) is 23.8. The monoisotopic (exact) mass is 447 g/mol. The van der Waals surface area contributed by atoms with Crippen molar-refractivity contribution in [2.24, 2.45) is 23.7 Å². The lowest BCUT2D eigenvalue weighted by molar-refractivity contribution is -0.154. The number of halogens is 3. The first-order valence-electron chi connectivity index (χ1n) is 9.53. The van der Waals surface area contributed by atoms with Crippen molar-refractivity contribution in [3.63, 3.8) is 0 Å². The van der Waals surface area contributed by atoms with Gasteiger partial charge in [-0.2, -0.15) is 23.7 Å². The summed E-state index contributed by atoms with van der Waals surface area (Å²) in [6, 6.07) is 5.96. The molecule has 3 aliphatic heterocycles. The number of anilines is 1. The molecule has 0 aliphatic carbocycles. The number of ether oxygens (including phenoxy) is 2. The fourth-order valence-electron chi connectivity index (χ4n) is 5.56. The van der Waals surface area contributed by atoms with Crippen LogP contribution in [0.15, 0.2) is 18.2 Å². The largest absolute Gasteiger partial charge is 0.469 e. The van der Waals surface area contributed by atoms with Crippen LogP contribution in [0.1, 0.15) is 25.0 Å². The maximum absolute atomic E-state index is 13.4. The van der Waals surface area contributed by atoms with Crippen molar-refractivity contribution in [2.45, 2.75) is 31.2 Å². The molecule has 1 aromatic rings. The third-order valence-electron chi connectivity index (χ3n) is 6.83. The lowest BCUT2D eigenvalue weighted by Gasteiger charge is -2.36. The molecule has 3 saturated heterocycles. The van der Waals surface area contributed by atoms with Crippen LogP contribution in [-0.4, -0.2) is 36.1 Å². The predicted octanol–water partition coefficient (Wildman–Crippen LogP) is 2.17. The number of nitriles is 2. The molecule has 8 nitrogen and oxygen atoms in total. The highest BCUT2D eigenvalue weighted by atomic mass is 19.4. The number of rotatable bonds is 2. The summed E-state index contributed by atoms with van der Waals surface area (Å²) in [5, 5.41) is 18.7. The molecule has 4 rings (SSSR count). The van der Waals surface area contributed by atoms with Crippen LogP contribution in [0.5, 0.6) is 0 Å². The second kappa shape index (κ2) is 6.53. The van der Waals surface area contributed by atoms with Gasteiger partial charge in [-0.05, 0) is 32.0 Å². The number of methoxy groups -OCH3 is 1. The molecule has 0 radical (unpaired) electrons. The van der Waals surface area contributed by atoms with E-state index in [1.165, 1.54) is 19.9 Å². The van der Waals surface area contributed by atoms with E-state index in [2.05, 4.69) is 0 Å². The Labute approximate surface area is 180 Å². The van der Waals surface area contributed by atoms with Gasteiger partial charge in [0.2, 0.25) is 11.8 Å². The minimum absolute atomic E-state index is 0.351. The minimum atomic E-state index is -4.88. The van der Waals surface area contributed by atoms with E-state index in [1.54, 1.807) is 0 Å². The van der Waals surface area contributed by atoms with E-state index >= 15 is 0 Å². The zero-order valence-corrected chi connectivity index (χ0v) is 17.1. The van der Waals surface area contributed by atoms with Crippen molar-refractivity contribution in [3.8, 4) is 12.1 Å². The Hall–Kier alpha value is -3.44. The first-order valence-corrected chi connectivity index (χ1v) is 9.53. The molecule has 1 aromatic carbocycles. The van der Waals surface area contributed by atoms with Crippen LogP contribution >= 0.6 is 0 Å². The molecule has 0 aromatic heterocycles. The number of imide groups is 1. The summed E-state index contributed by atoms with van der Waals surface area (Å²) in [6.45, 7) is 2.88. The van der Waals surface area contributed by atoms with Crippen LogP contribution in [0.4, 0.5) is 18.9 Å². The van der Waals surface area contributed by atoms with Crippen molar-refractivity contribution in [1.29, 1.82) is 10.5 Å². The Balaban J connectivity index is 1.84. The summed E-state index contributed by atoms with van der Waals surface area (Å²) in [6.07, 6.45) is -4.88. The molecule has 2 bridgehead atoms. The van der Waals surface area contributed by atoms with Gasteiger partial charge >= 0.3 is 12.1 Å². The SMILES string of the molecule is COC(=O)C1C(C#N)C2(C)OC1(C)C1C(=O)N(c3ccc(C#N)c(C(F)(F)F)c3)C(=O)C12. The summed E-state index contributed by atoms with van der Waals surface area (Å²) in [7, 11) is 1.12. The molecule has 3 heterocycles. The summed E-state index contributed by atoms with van der Waals surface area (Å²) >= 11 is 0. The van der Waals surface area contributed by atoms with Gasteiger partial charge in [0.25, 0.3) is 0 Å². The second-order valence-corrected chi connectivity index (χ2v) is 8.38. The van der Waals surface area contributed by atoms with E-state index in [0.717, 1.165) is 19.2 Å². The number of carbonyl (C=O) groups excluding carboxylic acids is 3. The average molecular weight is 447 g/mol. The van der Waals surface area contributed by atoms with Crippen molar-refractivity contribution in [3.05, 3.63) is 29.3 Å². The normalized spacial score (nSPS) is 35.4. The van der Waals surface area contributed by atoms with Crippen molar-refractivity contribution >= 4 is 23.5 Å². The first kappa shape index (κ1) is 21.8. The number of esters is 1. The molecule has 32 heavy (non-hydrogen) atoms. The molecule has 3 fully saturated rings. The Kier molecular flexibility index (Phi) is 4.45. The molecule has 0 spiro atoms. The van der Waals surface area contributed by atoms with Crippen LogP contribution < -0.4 is 4.90 Å². The third kappa shape index (κ3) is 2.49. The number of amides is 2. The Morgan fingerprint density at radius 2 is 1.75 bits per heavy atom. The maximum Gasteiger partial charge on any atom is 0.417 e. The van der Waals surface area contributed by atoms with Crippen LogP contribution in [-0.2, 0) is 30.0 Å². The summed E-state index contributed by atoms with van der Waals surface area (Å²) in [5.74, 6) is -7.08. The highest BCUT2D eigenvalue weighted by Gasteiger charge is 2.81. The lowest BCUT2D eigenvalue weighted by Crippen LogP contribution is -2.53. The van der Waals surface area contributed by atoms with Crippen molar-refractivity contribution in [1.82, 2.24) is 0 Å². The zero-order valence-electron chi connectivity index (χ0n) is 17.1. The molecule has 6 unspecified atom stereocenters. The fourth-order valence-corrected chi connectivity index (χ4v) is 5.56. The number of nitrogens with zero attached hydrogens (tertiary/aromatic N) is 3. The lowest BCUT2D eigenvalue weighted by atomic mass is 9.59. The van der Waals surface area contributed by atoms with E-state index in [-0.39, 0.29) is 5.69 Å². The number of alkyl halides is 3. The Morgan fingerprint density at radius 1 is 1.16 bits per heavy atom. The van der Waals surface area contributed by atoms with Crippen LogP contribution in [0.2, 0.25) is 0 Å². The molecule has 166 valence electrons. The van der Waals surface area contributed by atoms with E-state index in [0.29, 0.717) is 11.0 Å². The van der Waals surface area contributed by atoms with Crippen LogP contribution in [0.3, 0.4) is 0 Å². The first-order chi connectivity index (χ1) is 14.9. The topological polar surface area (TPSA) is 120 Å². The highest BCUT2D eigenvalue weighted by Crippen LogP contribution is 2.65. The van der Waals surface area contributed by atoms with Gasteiger partial charge in [0, 0.05) is 0 Å². The van der Waals surface area contributed by atoms with Gasteiger partial charge < -0.3 is 9.47 Å². The molecule has 0 saturated carbocycles. The summed E-state index contributed by atoms with van der Waals surface area (Å²) in [5.41, 5.74) is -5.37. The number of hydrogen-bond donors (Lipinski definition) is 0. The molecular formula is C21H16F3N3O5. The summed E-state index contributed by atoms with van der Waals surface area (Å²) in [4.78, 5) is 39.7. The standard InChI is InChI=1S/C21H16F3N3O5/c1-19-12(8-26)13(18(30)31-3)20(2,32-19)15-14(19)16(28)27(17(15)29)10-5-4-9(7-25)11(6-10)21(22,23)24/h4-6,12-15H,1-3H3. The molecule has 6 atom stereocenters. The van der Waals surface area contributed by atoms with E-state index in [9.17, 15) is 32.8 Å². The van der Waals surface area contributed by atoms with Crippen molar-refractivity contribution < 1.29 is 37.0 Å². The molecule has 2 amide bonds. The number of hydrogen-bond acceptors (Lipinski definition) is 7. The van der Waals surface area contributed by atoms with Crippen molar-refractivity contribution in [2.75, 3.05) is 12.0 Å². The molecule has 0 N–H and O–H groups in total. The van der Waals surface area contributed by atoms with Gasteiger partial charge in [-0.1, -0.05) is 0 Å². The predicted molar refractivity (Wildman–Crippen MR) is 98.1 cm³/mol. The van der Waals surface area contributed by atoms with E-state index in [1.807, 2.05) is 6.07 Å². The molecule has 11 heteroatoms. The highest BCUT2D eigenvalue weighted by molar-refractivity contribution is 6.23. The average Bonchev–Trinajstić information content (AvgIpc) is 3.24. The van der Waals surface area contributed by atoms with E-state index < -0.39 is 70.0 Å². The Morgan fingerprint density at radius 3 is 2.25 bits per heavy atom. The minimum Gasteiger partial charge on any atom is -0.469 e. The van der Waals surface area contributed by atoms with Crippen LogP contribution in [0, 0.1) is 46.3 Å². The smallest absolute Gasteiger partial charge is 0.417 e. The van der Waals surface area contributed by atoms with Crippen LogP contribution in [0.25, 0.3) is 0 Å². The van der Waals surface area contributed by atoms with Gasteiger partial charge in [0.05, 0.1) is 65.0 Å². The van der Waals surface area contributed by atoms with Gasteiger partial charge in [0.1, 0.15) is 5.92 Å². The fraction of sp³-hybridized carbons (Fsp3) is 0.476. The van der Waals surface area contributed by atoms with E-state index in [4.69, 9.17) is 14.7 Å². The quantitative estimate of drug-likeness (QED) is 0.503. The number of benzene rings is 1. The molecular weight excluding hydrogens is 431 g/mol. The third-order valence-corrected chi connectivity index (χ3v) is 6.83. The number of fused-ring (bicyclic) bond motifs is 5. The molecule has 3 aliphatic rings. The summed E-state index contributed by atoms with van der Waals surface area (Å²) < 4.78 is 51.0. The maximum atomic E-state index is 13.4. The van der Waals surface area contributed by atoms with Gasteiger partial charge in [-0.25, -0.2) is 4.90 Å². The number of carbonyl (C=O) groups is 3. The Bertz CT molecular complexity index is 1150. The van der Waals surface area contributed by atoms with Gasteiger partial charge in [-0.15, -0.1) is 0 Å². The van der Waals surface area contributed by atoms with Gasteiger partial charge in [-0.3, -0.25) is 14.4 Å². The second-order valence-electron chi connectivity index (χ2n) is 8.38.